The van der Waals surface area contributed by atoms with Crippen molar-refractivity contribution in [2.24, 2.45) is 0 Å². The first kappa shape index (κ1) is 12.7. The normalized spacial score (nSPS) is 13.6. The molecule has 3 heteroatoms. The Morgan fingerprint density at radius 3 is 2.25 bits per heavy atom. The summed E-state index contributed by atoms with van der Waals surface area (Å²) >= 11 is 0. The second-order valence-corrected chi connectivity index (χ2v) is 4.76. The molecule has 0 fully saturated rings. The van der Waals surface area contributed by atoms with E-state index in [-0.39, 0.29) is 0 Å². The maximum atomic E-state index is 10.8. The fourth-order valence-electron chi connectivity index (χ4n) is 1.61. The van der Waals surface area contributed by atoms with Crippen LogP contribution in [-0.4, -0.2) is 22.3 Å². The Balaban J connectivity index is 3.16. The lowest BCUT2D eigenvalue weighted by Gasteiger charge is -2.28. The zero-order valence-corrected chi connectivity index (χ0v) is 10.1. The second kappa shape index (κ2) is 4.26. The Kier molecular flexibility index (Phi) is 3.38. The smallest absolute Gasteiger partial charge is 0.333 e. The molecule has 0 saturated carbocycles. The minimum Gasteiger partial charge on any atom is -0.479 e. The summed E-state index contributed by atoms with van der Waals surface area (Å²) in [6, 6.07) is 5.75. The van der Waals surface area contributed by atoms with Gasteiger partial charge in [-0.15, -0.1) is 0 Å². The molecule has 0 heterocycles. The minimum atomic E-state index is -1.39. The van der Waals surface area contributed by atoms with Gasteiger partial charge in [0.1, 0.15) is 0 Å². The summed E-state index contributed by atoms with van der Waals surface area (Å²) in [5.41, 5.74) is 2.31. The van der Waals surface area contributed by atoms with E-state index < -0.39 is 17.5 Å². The predicted molar refractivity (Wildman–Crippen MR) is 62.6 cm³/mol. The van der Waals surface area contributed by atoms with Crippen LogP contribution < -0.4 is 0 Å². The molecule has 0 aromatic heterocycles. The Bertz CT molecular complexity index is 408. The standard InChI is InChI=1S/C13H18O3/c1-8-5-6-10(7-9(8)2)13(3,4)11(14)12(15)16/h5-7,11,14H,1-4H3,(H,15,16). The van der Waals surface area contributed by atoms with Crippen LogP contribution in [0.15, 0.2) is 18.2 Å². The van der Waals surface area contributed by atoms with Crippen molar-refractivity contribution in [3.63, 3.8) is 0 Å². The lowest BCUT2D eigenvalue weighted by atomic mass is 9.78. The molecule has 0 bridgehead atoms. The van der Waals surface area contributed by atoms with Crippen molar-refractivity contribution in [1.82, 2.24) is 0 Å². The van der Waals surface area contributed by atoms with Crippen molar-refractivity contribution < 1.29 is 15.0 Å². The molecule has 0 aliphatic rings. The van der Waals surface area contributed by atoms with Crippen molar-refractivity contribution in [2.45, 2.75) is 39.2 Å². The van der Waals surface area contributed by atoms with Gasteiger partial charge in [0, 0.05) is 5.41 Å². The van der Waals surface area contributed by atoms with E-state index in [1.54, 1.807) is 13.8 Å². The predicted octanol–water partition coefficient (Wildman–Crippen LogP) is 2.03. The molecule has 1 aromatic carbocycles. The van der Waals surface area contributed by atoms with E-state index in [1.165, 1.54) is 0 Å². The van der Waals surface area contributed by atoms with Crippen LogP contribution in [0, 0.1) is 13.8 Å². The average Bonchev–Trinajstić information content (AvgIpc) is 2.20. The molecular weight excluding hydrogens is 204 g/mol. The molecule has 88 valence electrons. The van der Waals surface area contributed by atoms with Gasteiger partial charge < -0.3 is 10.2 Å². The third-order valence-electron chi connectivity index (χ3n) is 3.17. The summed E-state index contributed by atoms with van der Waals surface area (Å²) in [5.74, 6) is -1.19. The van der Waals surface area contributed by atoms with E-state index in [4.69, 9.17) is 5.11 Å². The minimum absolute atomic E-state index is 0.787. The first-order chi connectivity index (χ1) is 7.26. The Morgan fingerprint density at radius 2 is 1.81 bits per heavy atom. The molecule has 0 spiro atoms. The van der Waals surface area contributed by atoms with E-state index in [0.29, 0.717) is 0 Å². The lowest BCUT2D eigenvalue weighted by molar-refractivity contribution is -0.150. The SMILES string of the molecule is Cc1ccc(C(C)(C)C(O)C(=O)O)cc1C. The highest BCUT2D eigenvalue weighted by Crippen LogP contribution is 2.28. The highest BCUT2D eigenvalue weighted by atomic mass is 16.4. The number of aliphatic carboxylic acids is 1. The van der Waals surface area contributed by atoms with E-state index in [1.807, 2.05) is 32.0 Å². The van der Waals surface area contributed by atoms with E-state index in [9.17, 15) is 9.90 Å². The summed E-state index contributed by atoms with van der Waals surface area (Å²) in [6.45, 7) is 7.44. The van der Waals surface area contributed by atoms with Crippen molar-refractivity contribution in [3.8, 4) is 0 Å². The number of carboxylic acids is 1. The van der Waals surface area contributed by atoms with Crippen LogP contribution in [-0.2, 0) is 10.2 Å². The van der Waals surface area contributed by atoms with Crippen LogP contribution in [0.2, 0.25) is 0 Å². The van der Waals surface area contributed by atoms with Crippen LogP contribution in [0.3, 0.4) is 0 Å². The van der Waals surface area contributed by atoms with Gasteiger partial charge >= 0.3 is 5.97 Å². The topological polar surface area (TPSA) is 57.5 Å². The van der Waals surface area contributed by atoms with Crippen LogP contribution >= 0.6 is 0 Å². The summed E-state index contributed by atoms with van der Waals surface area (Å²) in [5, 5.41) is 18.5. The van der Waals surface area contributed by atoms with Crippen LogP contribution in [0.25, 0.3) is 0 Å². The molecule has 0 radical (unpaired) electrons. The molecule has 1 unspecified atom stereocenters. The summed E-state index contributed by atoms with van der Waals surface area (Å²) in [4.78, 5) is 10.8. The number of carbonyl (C=O) groups is 1. The van der Waals surface area contributed by atoms with Gasteiger partial charge in [-0.2, -0.15) is 0 Å². The summed E-state index contributed by atoms with van der Waals surface area (Å²) in [7, 11) is 0. The van der Waals surface area contributed by atoms with Gasteiger partial charge in [-0.25, -0.2) is 4.79 Å². The number of aliphatic hydroxyl groups is 1. The third-order valence-corrected chi connectivity index (χ3v) is 3.17. The number of aryl methyl sites for hydroxylation is 2. The highest BCUT2D eigenvalue weighted by Gasteiger charge is 2.35. The number of hydrogen-bond donors (Lipinski definition) is 2. The molecule has 2 N–H and O–H groups in total. The van der Waals surface area contributed by atoms with Gasteiger partial charge in [-0.3, -0.25) is 0 Å². The second-order valence-electron chi connectivity index (χ2n) is 4.76. The van der Waals surface area contributed by atoms with E-state index >= 15 is 0 Å². The lowest BCUT2D eigenvalue weighted by Crippen LogP contribution is -2.39. The fourth-order valence-corrected chi connectivity index (χ4v) is 1.61. The van der Waals surface area contributed by atoms with Crippen LogP contribution in [0.4, 0.5) is 0 Å². The largest absolute Gasteiger partial charge is 0.479 e. The monoisotopic (exact) mass is 222 g/mol. The van der Waals surface area contributed by atoms with Crippen molar-refractivity contribution in [2.75, 3.05) is 0 Å². The Labute approximate surface area is 95.7 Å². The zero-order valence-electron chi connectivity index (χ0n) is 10.1. The van der Waals surface area contributed by atoms with Gasteiger partial charge in [0.15, 0.2) is 6.10 Å². The number of aliphatic hydroxyl groups excluding tert-OH is 1. The van der Waals surface area contributed by atoms with Gasteiger partial charge in [-0.05, 0) is 30.5 Å². The fraction of sp³-hybridized carbons (Fsp3) is 0.462. The molecule has 1 atom stereocenters. The van der Waals surface area contributed by atoms with Crippen molar-refractivity contribution >= 4 is 5.97 Å². The van der Waals surface area contributed by atoms with E-state index in [2.05, 4.69) is 0 Å². The molecule has 1 rings (SSSR count). The molecular formula is C13H18O3. The number of carboxylic acid groups (broad SMARTS) is 1. The molecule has 3 nitrogen and oxygen atoms in total. The van der Waals surface area contributed by atoms with Gasteiger partial charge in [0.25, 0.3) is 0 Å². The van der Waals surface area contributed by atoms with Gasteiger partial charge in [0.05, 0.1) is 0 Å². The maximum absolute atomic E-state index is 10.8. The molecule has 0 aliphatic carbocycles. The molecule has 1 aromatic rings. The molecule has 16 heavy (non-hydrogen) atoms. The summed E-state index contributed by atoms with van der Waals surface area (Å²) in [6.07, 6.45) is -1.39. The third kappa shape index (κ3) is 2.25. The van der Waals surface area contributed by atoms with Crippen LogP contribution in [0.1, 0.15) is 30.5 Å². The van der Waals surface area contributed by atoms with Gasteiger partial charge in [0.2, 0.25) is 0 Å². The number of rotatable bonds is 3. The van der Waals surface area contributed by atoms with E-state index in [0.717, 1.165) is 16.7 Å². The number of hydrogen-bond acceptors (Lipinski definition) is 2. The van der Waals surface area contributed by atoms with Crippen molar-refractivity contribution in [1.29, 1.82) is 0 Å². The van der Waals surface area contributed by atoms with Crippen LogP contribution in [0.5, 0.6) is 0 Å². The maximum Gasteiger partial charge on any atom is 0.333 e. The molecule has 0 aliphatic heterocycles. The molecule has 0 amide bonds. The van der Waals surface area contributed by atoms with Crippen molar-refractivity contribution in [3.05, 3.63) is 34.9 Å². The number of benzene rings is 1. The van der Waals surface area contributed by atoms with Gasteiger partial charge in [-0.1, -0.05) is 32.0 Å². The zero-order chi connectivity index (χ0) is 12.5. The Morgan fingerprint density at radius 1 is 1.25 bits per heavy atom. The highest BCUT2D eigenvalue weighted by molar-refractivity contribution is 5.74. The Hall–Kier alpha value is -1.35. The first-order valence-electron chi connectivity index (χ1n) is 5.25. The summed E-state index contributed by atoms with van der Waals surface area (Å²) < 4.78 is 0. The molecule has 0 saturated heterocycles. The first-order valence-corrected chi connectivity index (χ1v) is 5.25. The average molecular weight is 222 g/mol. The quantitative estimate of drug-likeness (QED) is 0.822.